The number of benzene rings is 1. The largest absolute Gasteiger partial charge is 0.481 e. The molecule has 1 amide bonds. The van der Waals surface area contributed by atoms with Crippen molar-refractivity contribution < 1.29 is 23.5 Å². The number of aromatic nitrogens is 1. The molecule has 0 spiro atoms. The monoisotopic (exact) mass is 326 g/mol. The summed E-state index contributed by atoms with van der Waals surface area (Å²) in [6.45, 7) is 0. The number of carbonyl (C=O) groups is 2. The van der Waals surface area contributed by atoms with Gasteiger partial charge in [0.2, 0.25) is 5.91 Å². The van der Waals surface area contributed by atoms with E-state index in [0.29, 0.717) is 0 Å². The maximum atomic E-state index is 13.6. The topological polar surface area (TPSA) is 79.3 Å². The molecule has 0 bridgehead atoms. The molecule has 2 aromatic rings. The Morgan fingerprint density at radius 3 is 2.77 bits per heavy atom. The van der Waals surface area contributed by atoms with Crippen molar-refractivity contribution in [2.75, 3.05) is 5.32 Å². The van der Waals surface area contributed by atoms with Crippen molar-refractivity contribution in [1.29, 1.82) is 0 Å². The van der Waals surface area contributed by atoms with Crippen LogP contribution in [0, 0.1) is 11.6 Å². The van der Waals surface area contributed by atoms with Crippen LogP contribution >= 0.6 is 11.3 Å². The number of nitrogens with one attached hydrogen (secondary N) is 1. The van der Waals surface area contributed by atoms with Crippen LogP contribution in [0.25, 0.3) is 11.3 Å². The van der Waals surface area contributed by atoms with Gasteiger partial charge in [-0.2, -0.15) is 0 Å². The lowest BCUT2D eigenvalue weighted by Gasteiger charge is -2.01. The zero-order valence-corrected chi connectivity index (χ0v) is 12.1. The SMILES string of the molecule is O=C(O)CCCC(=O)Nc1nc(-c2cc(F)ccc2F)cs1. The molecule has 0 saturated heterocycles. The number of hydrogen-bond donors (Lipinski definition) is 2. The average Bonchev–Trinajstić information content (AvgIpc) is 2.89. The summed E-state index contributed by atoms with van der Waals surface area (Å²) in [6, 6.07) is 3.05. The van der Waals surface area contributed by atoms with Crippen LogP contribution in [0.2, 0.25) is 0 Å². The number of nitrogens with zero attached hydrogens (tertiary/aromatic N) is 1. The van der Waals surface area contributed by atoms with Crippen molar-refractivity contribution in [1.82, 2.24) is 4.98 Å². The highest BCUT2D eigenvalue weighted by Gasteiger charge is 2.12. The Kier molecular flexibility index (Phi) is 5.16. The van der Waals surface area contributed by atoms with Crippen LogP contribution in [0.1, 0.15) is 19.3 Å². The van der Waals surface area contributed by atoms with E-state index in [4.69, 9.17) is 5.11 Å². The number of amides is 1. The Hall–Kier alpha value is -2.35. The van der Waals surface area contributed by atoms with Crippen LogP contribution in [0.3, 0.4) is 0 Å². The molecule has 116 valence electrons. The fraction of sp³-hybridized carbons (Fsp3) is 0.214. The van der Waals surface area contributed by atoms with Gasteiger partial charge in [-0.1, -0.05) is 0 Å². The Balaban J connectivity index is 2.01. The van der Waals surface area contributed by atoms with E-state index in [-0.39, 0.29) is 41.6 Å². The second-order valence-corrected chi connectivity index (χ2v) is 5.32. The third-order valence-electron chi connectivity index (χ3n) is 2.75. The first-order chi connectivity index (χ1) is 10.5. The van der Waals surface area contributed by atoms with Crippen molar-refractivity contribution in [3.05, 3.63) is 35.2 Å². The van der Waals surface area contributed by atoms with Crippen molar-refractivity contribution in [2.45, 2.75) is 19.3 Å². The van der Waals surface area contributed by atoms with Gasteiger partial charge in [-0.3, -0.25) is 9.59 Å². The molecule has 0 aliphatic heterocycles. The fourth-order valence-corrected chi connectivity index (χ4v) is 2.46. The maximum Gasteiger partial charge on any atom is 0.303 e. The minimum atomic E-state index is -0.967. The van der Waals surface area contributed by atoms with E-state index in [0.717, 1.165) is 29.5 Å². The van der Waals surface area contributed by atoms with Crippen molar-refractivity contribution in [3.8, 4) is 11.3 Å². The van der Waals surface area contributed by atoms with Crippen LogP contribution < -0.4 is 5.32 Å². The lowest BCUT2D eigenvalue weighted by molar-refractivity contribution is -0.137. The summed E-state index contributed by atoms with van der Waals surface area (Å²) in [5, 5.41) is 12.7. The van der Waals surface area contributed by atoms with Gasteiger partial charge >= 0.3 is 5.97 Å². The number of rotatable bonds is 6. The molecule has 1 aromatic heterocycles. The molecule has 2 N–H and O–H groups in total. The Labute approximate surface area is 128 Å². The molecule has 22 heavy (non-hydrogen) atoms. The number of hydrogen-bond acceptors (Lipinski definition) is 4. The van der Waals surface area contributed by atoms with E-state index in [2.05, 4.69) is 10.3 Å². The molecule has 0 aliphatic rings. The highest BCUT2D eigenvalue weighted by atomic mass is 32.1. The van der Waals surface area contributed by atoms with E-state index in [1.54, 1.807) is 0 Å². The van der Waals surface area contributed by atoms with Gasteiger partial charge in [0, 0.05) is 23.8 Å². The zero-order chi connectivity index (χ0) is 16.1. The van der Waals surface area contributed by atoms with Gasteiger partial charge in [-0.05, 0) is 24.6 Å². The predicted molar refractivity (Wildman–Crippen MR) is 77.6 cm³/mol. The summed E-state index contributed by atoms with van der Waals surface area (Å²) >= 11 is 1.08. The summed E-state index contributed by atoms with van der Waals surface area (Å²) < 4.78 is 26.8. The molecular formula is C14H12F2N2O3S. The van der Waals surface area contributed by atoms with Crippen molar-refractivity contribution >= 4 is 28.3 Å². The van der Waals surface area contributed by atoms with E-state index >= 15 is 0 Å². The molecular weight excluding hydrogens is 314 g/mol. The number of carbonyl (C=O) groups excluding carboxylic acids is 1. The minimum absolute atomic E-state index is 0.0163. The first kappa shape index (κ1) is 16.0. The lowest BCUT2D eigenvalue weighted by atomic mass is 10.1. The molecule has 0 fully saturated rings. The minimum Gasteiger partial charge on any atom is -0.481 e. The number of carboxylic acid groups (broad SMARTS) is 1. The van der Waals surface area contributed by atoms with Gasteiger partial charge in [0.15, 0.2) is 5.13 Å². The Bertz CT molecular complexity index is 703. The number of halogens is 2. The Morgan fingerprint density at radius 2 is 2.05 bits per heavy atom. The normalized spacial score (nSPS) is 10.5. The van der Waals surface area contributed by atoms with Crippen molar-refractivity contribution in [2.24, 2.45) is 0 Å². The predicted octanol–water partition coefficient (Wildman–Crippen LogP) is 3.28. The molecule has 1 heterocycles. The summed E-state index contributed by atoms with van der Waals surface area (Å²) in [5.74, 6) is -2.53. The smallest absolute Gasteiger partial charge is 0.303 e. The molecule has 8 heteroatoms. The highest BCUT2D eigenvalue weighted by Crippen LogP contribution is 2.27. The molecule has 0 radical (unpaired) electrons. The third kappa shape index (κ3) is 4.32. The summed E-state index contributed by atoms with van der Waals surface area (Å²) in [5.41, 5.74) is 0.241. The zero-order valence-electron chi connectivity index (χ0n) is 11.3. The Morgan fingerprint density at radius 1 is 1.27 bits per heavy atom. The molecule has 0 saturated carbocycles. The molecule has 0 unspecified atom stereocenters. The summed E-state index contributed by atoms with van der Waals surface area (Å²) in [7, 11) is 0. The lowest BCUT2D eigenvalue weighted by Crippen LogP contribution is -2.11. The second kappa shape index (κ2) is 7.08. The molecule has 1 aromatic carbocycles. The second-order valence-electron chi connectivity index (χ2n) is 4.46. The van der Waals surface area contributed by atoms with E-state index in [1.807, 2.05) is 0 Å². The van der Waals surface area contributed by atoms with E-state index in [1.165, 1.54) is 5.38 Å². The van der Waals surface area contributed by atoms with Crippen LogP contribution in [-0.2, 0) is 9.59 Å². The van der Waals surface area contributed by atoms with Crippen LogP contribution in [0.15, 0.2) is 23.6 Å². The van der Waals surface area contributed by atoms with Crippen molar-refractivity contribution in [3.63, 3.8) is 0 Å². The first-order valence-electron chi connectivity index (χ1n) is 6.38. The first-order valence-corrected chi connectivity index (χ1v) is 7.26. The molecule has 0 aliphatic carbocycles. The van der Waals surface area contributed by atoms with Gasteiger partial charge in [0.1, 0.15) is 11.6 Å². The number of thiazole rings is 1. The van der Waals surface area contributed by atoms with Gasteiger partial charge < -0.3 is 10.4 Å². The third-order valence-corrected chi connectivity index (χ3v) is 3.51. The number of anilines is 1. The van der Waals surface area contributed by atoms with Gasteiger partial charge in [0.25, 0.3) is 0 Å². The van der Waals surface area contributed by atoms with Crippen LogP contribution in [0.5, 0.6) is 0 Å². The number of aliphatic carboxylic acids is 1. The van der Waals surface area contributed by atoms with Crippen LogP contribution in [0.4, 0.5) is 13.9 Å². The standard InChI is InChI=1S/C14H12F2N2O3S/c15-8-4-5-10(16)9(6-8)11-7-22-14(17-11)18-12(19)2-1-3-13(20)21/h4-7H,1-3H2,(H,20,21)(H,17,18,19). The average molecular weight is 326 g/mol. The number of carboxylic acids is 1. The molecule has 5 nitrogen and oxygen atoms in total. The van der Waals surface area contributed by atoms with Crippen LogP contribution in [-0.4, -0.2) is 22.0 Å². The molecule has 0 atom stereocenters. The summed E-state index contributed by atoms with van der Waals surface area (Å²) in [4.78, 5) is 26.0. The van der Waals surface area contributed by atoms with E-state index < -0.39 is 17.6 Å². The van der Waals surface area contributed by atoms with Gasteiger partial charge in [0.05, 0.1) is 5.69 Å². The summed E-state index contributed by atoms with van der Waals surface area (Å²) in [6.07, 6.45) is 0.179. The highest BCUT2D eigenvalue weighted by molar-refractivity contribution is 7.14. The van der Waals surface area contributed by atoms with Gasteiger partial charge in [-0.15, -0.1) is 11.3 Å². The maximum absolute atomic E-state index is 13.6. The van der Waals surface area contributed by atoms with E-state index in [9.17, 15) is 18.4 Å². The quantitative estimate of drug-likeness (QED) is 0.854. The molecule has 2 rings (SSSR count). The van der Waals surface area contributed by atoms with Gasteiger partial charge in [-0.25, -0.2) is 13.8 Å². The fourth-order valence-electron chi connectivity index (χ4n) is 1.73.